The van der Waals surface area contributed by atoms with Gasteiger partial charge in [0.05, 0.1) is 6.33 Å². The number of aromatic amines is 1. The molecule has 0 bridgehead atoms. The van der Waals surface area contributed by atoms with Crippen LogP contribution < -0.4 is 0 Å². The van der Waals surface area contributed by atoms with Gasteiger partial charge in [0.1, 0.15) is 16.9 Å². The van der Waals surface area contributed by atoms with Crippen LogP contribution in [-0.2, 0) is 0 Å². The van der Waals surface area contributed by atoms with Crippen LogP contribution in [0.4, 0.5) is 0 Å². The number of fused-ring (bicyclic) bond motifs is 1. The van der Waals surface area contributed by atoms with E-state index in [2.05, 4.69) is 19.9 Å². The Hall–Kier alpha value is -1.22. The van der Waals surface area contributed by atoms with Gasteiger partial charge in [0.15, 0.2) is 5.65 Å². The molecule has 0 spiro atoms. The molecule has 0 aromatic carbocycles. The Labute approximate surface area is 83.9 Å². The van der Waals surface area contributed by atoms with E-state index >= 15 is 0 Å². The highest BCUT2D eigenvalue weighted by Gasteiger charge is 2.02. The monoisotopic (exact) mass is 220 g/mol. The van der Waals surface area contributed by atoms with E-state index in [0.29, 0.717) is 0 Å². The maximum Gasteiger partial charge on any atom is 0.181 e. The van der Waals surface area contributed by atoms with E-state index < -0.39 is 0 Å². The minimum atomic E-state index is 0. The van der Waals surface area contributed by atoms with Crippen LogP contribution >= 0.6 is 11.8 Å². The molecule has 0 saturated heterocycles. The summed E-state index contributed by atoms with van der Waals surface area (Å²) < 4.78 is 0. The van der Waals surface area contributed by atoms with E-state index in [0.717, 1.165) is 16.2 Å². The highest BCUT2D eigenvalue weighted by Crippen LogP contribution is 2.18. The molecule has 2 rings (SSSR count). The van der Waals surface area contributed by atoms with Gasteiger partial charge in [0.2, 0.25) is 0 Å². The lowest BCUT2D eigenvalue weighted by molar-refractivity contribution is 0.823. The van der Waals surface area contributed by atoms with Crippen molar-refractivity contribution in [1.29, 1.82) is 0 Å². The van der Waals surface area contributed by atoms with Crippen LogP contribution in [-0.4, -0.2) is 42.6 Å². The van der Waals surface area contributed by atoms with Crippen molar-refractivity contribution in [2.24, 2.45) is 0 Å². The summed E-state index contributed by atoms with van der Waals surface area (Å²) in [6, 6.07) is 0. The number of thioether (sulfide) groups is 1. The first-order chi connectivity index (χ1) is 5.42. The Kier molecular flexibility index (Phi) is 6.83. The summed E-state index contributed by atoms with van der Waals surface area (Å²) in [4.78, 5) is 15.1. The van der Waals surface area contributed by atoms with Gasteiger partial charge in [-0.2, -0.15) is 0 Å². The van der Waals surface area contributed by atoms with Crippen molar-refractivity contribution < 1.29 is 16.4 Å². The van der Waals surface area contributed by atoms with Crippen molar-refractivity contribution in [3.63, 3.8) is 0 Å². The minimum absolute atomic E-state index is 0. The molecule has 0 fully saturated rings. The molecule has 0 aliphatic heterocycles. The molecule has 0 unspecified atom stereocenters. The van der Waals surface area contributed by atoms with Crippen molar-refractivity contribution in [2.45, 2.75) is 5.03 Å². The van der Waals surface area contributed by atoms with Crippen molar-refractivity contribution in [3.05, 3.63) is 12.7 Å². The Balaban J connectivity index is 0. The number of imidazole rings is 1. The van der Waals surface area contributed by atoms with Crippen molar-refractivity contribution in [3.8, 4) is 0 Å². The molecule has 0 aliphatic rings. The van der Waals surface area contributed by atoms with E-state index in [1.165, 1.54) is 6.33 Å². The summed E-state index contributed by atoms with van der Waals surface area (Å²) in [6.45, 7) is 0. The molecule has 0 atom stereocenters. The van der Waals surface area contributed by atoms with Crippen LogP contribution in [0, 0.1) is 0 Å². The average molecular weight is 220 g/mol. The van der Waals surface area contributed by atoms with Crippen LogP contribution in [0.5, 0.6) is 0 Å². The van der Waals surface area contributed by atoms with Gasteiger partial charge in [-0.05, 0) is 6.26 Å². The molecule has 0 amide bonds. The Bertz CT molecular complexity index is 380. The van der Waals surface area contributed by atoms with E-state index in [-0.39, 0.29) is 16.4 Å². The van der Waals surface area contributed by atoms with E-state index in [9.17, 15) is 0 Å². The molecule has 2 aromatic heterocycles. The van der Waals surface area contributed by atoms with Gasteiger partial charge in [-0.25, -0.2) is 15.0 Å². The molecule has 7 nitrogen and oxygen atoms in total. The largest absolute Gasteiger partial charge is 0.412 e. The molecular formula is C6H12N4O3S. The zero-order valence-corrected chi connectivity index (χ0v) is 8.22. The van der Waals surface area contributed by atoms with Gasteiger partial charge in [-0.15, -0.1) is 11.8 Å². The summed E-state index contributed by atoms with van der Waals surface area (Å²) in [6.07, 6.45) is 5.12. The van der Waals surface area contributed by atoms with Gasteiger partial charge >= 0.3 is 0 Å². The molecule has 80 valence electrons. The van der Waals surface area contributed by atoms with Crippen LogP contribution in [0.2, 0.25) is 0 Å². The number of rotatable bonds is 1. The molecule has 7 N–H and O–H groups in total. The van der Waals surface area contributed by atoms with Gasteiger partial charge in [0.25, 0.3) is 0 Å². The summed E-state index contributed by atoms with van der Waals surface area (Å²) in [5.74, 6) is 0. The first kappa shape index (κ1) is 15.3. The van der Waals surface area contributed by atoms with Crippen LogP contribution in [0.1, 0.15) is 0 Å². The number of aromatic nitrogens is 4. The predicted molar refractivity (Wildman–Crippen MR) is 54.3 cm³/mol. The van der Waals surface area contributed by atoms with Crippen LogP contribution in [0.15, 0.2) is 17.7 Å². The SMILES string of the molecule is CSc1ncnc2nc[nH]c12.O.O.O. The number of hydrogen-bond donors (Lipinski definition) is 1. The van der Waals surface area contributed by atoms with Gasteiger partial charge < -0.3 is 21.4 Å². The van der Waals surface area contributed by atoms with E-state index in [4.69, 9.17) is 0 Å². The predicted octanol–water partition coefficient (Wildman–Crippen LogP) is -1.40. The Morgan fingerprint density at radius 1 is 1.14 bits per heavy atom. The Morgan fingerprint density at radius 2 is 1.86 bits per heavy atom. The highest BCUT2D eigenvalue weighted by molar-refractivity contribution is 7.98. The fraction of sp³-hybridized carbons (Fsp3) is 0.167. The first-order valence-electron chi connectivity index (χ1n) is 3.10. The molecule has 0 aliphatic carbocycles. The number of nitrogens with one attached hydrogen (secondary N) is 1. The quantitative estimate of drug-likeness (QED) is 0.464. The van der Waals surface area contributed by atoms with Crippen molar-refractivity contribution in [2.75, 3.05) is 6.26 Å². The number of nitrogens with zero attached hydrogens (tertiary/aromatic N) is 3. The van der Waals surface area contributed by atoms with Crippen molar-refractivity contribution >= 4 is 22.9 Å². The summed E-state index contributed by atoms with van der Waals surface area (Å²) in [5.41, 5.74) is 1.64. The highest BCUT2D eigenvalue weighted by atomic mass is 32.2. The van der Waals surface area contributed by atoms with Crippen molar-refractivity contribution in [1.82, 2.24) is 19.9 Å². The molecule has 0 saturated carbocycles. The normalized spacial score (nSPS) is 8.36. The third-order valence-electron chi connectivity index (χ3n) is 1.38. The fourth-order valence-corrected chi connectivity index (χ4v) is 1.40. The lowest BCUT2D eigenvalue weighted by Crippen LogP contribution is -1.83. The van der Waals surface area contributed by atoms with E-state index in [1.807, 2.05) is 6.26 Å². The van der Waals surface area contributed by atoms with Gasteiger partial charge in [0, 0.05) is 0 Å². The first-order valence-corrected chi connectivity index (χ1v) is 4.32. The standard InChI is InChI=1S/C6H6N4S.3H2O/c1-11-6-4-5(8-2-7-4)9-3-10-6;;;/h2-3H,1H3,(H,7,8,9,10);3*1H2. The zero-order chi connectivity index (χ0) is 7.68. The van der Waals surface area contributed by atoms with Crippen LogP contribution in [0.25, 0.3) is 11.2 Å². The molecule has 2 aromatic rings. The van der Waals surface area contributed by atoms with Gasteiger partial charge in [-0.1, -0.05) is 0 Å². The van der Waals surface area contributed by atoms with Crippen LogP contribution in [0.3, 0.4) is 0 Å². The smallest absolute Gasteiger partial charge is 0.181 e. The summed E-state index contributed by atoms with van der Waals surface area (Å²) >= 11 is 1.58. The third kappa shape index (κ3) is 2.39. The second-order valence-corrected chi connectivity index (χ2v) is 2.78. The maximum absolute atomic E-state index is 4.08. The number of H-pyrrole nitrogens is 1. The molecule has 14 heavy (non-hydrogen) atoms. The molecular weight excluding hydrogens is 208 g/mol. The second-order valence-electron chi connectivity index (χ2n) is 1.98. The fourth-order valence-electron chi connectivity index (χ4n) is 0.898. The molecule has 2 heterocycles. The second kappa shape index (κ2) is 6.27. The number of hydrogen-bond acceptors (Lipinski definition) is 4. The molecule has 0 radical (unpaired) electrons. The lowest BCUT2D eigenvalue weighted by atomic mass is 10.6. The topological polar surface area (TPSA) is 149 Å². The summed E-state index contributed by atoms with van der Waals surface area (Å²) in [5, 5.41) is 0.938. The van der Waals surface area contributed by atoms with Gasteiger partial charge in [-0.3, -0.25) is 0 Å². The lowest BCUT2D eigenvalue weighted by Gasteiger charge is -1.93. The Morgan fingerprint density at radius 3 is 2.50 bits per heavy atom. The zero-order valence-electron chi connectivity index (χ0n) is 7.40. The summed E-state index contributed by atoms with van der Waals surface area (Å²) in [7, 11) is 0. The maximum atomic E-state index is 4.08. The minimum Gasteiger partial charge on any atom is -0.412 e. The molecule has 8 heteroatoms. The van der Waals surface area contributed by atoms with E-state index in [1.54, 1.807) is 18.1 Å². The average Bonchev–Trinajstić information content (AvgIpc) is 2.50. The third-order valence-corrected chi connectivity index (χ3v) is 2.08.